The third-order valence-electron chi connectivity index (χ3n) is 2.90. The van der Waals surface area contributed by atoms with Gasteiger partial charge in [0.2, 0.25) is 6.41 Å². The van der Waals surface area contributed by atoms with E-state index < -0.39 is 11.7 Å². The zero-order valence-electron chi connectivity index (χ0n) is 14.8. The van der Waals surface area contributed by atoms with Gasteiger partial charge in [0, 0.05) is 13.1 Å². The third kappa shape index (κ3) is 8.14. The van der Waals surface area contributed by atoms with E-state index in [2.05, 4.69) is 5.32 Å². The summed E-state index contributed by atoms with van der Waals surface area (Å²) in [6.45, 7) is 6.99. The van der Waals surface area contributed by atoms with Gasteiger partial charge >= 0.3 is 0 Å². The Morgan fingerprint density at radius 3 is 2.54 bits per heavy atom. The first-order valence-corrected chi connectivity index (χ1v) is 7.91. The maximum atomic E-state index is 10.9. The standard InChI is InChI=1S/C17H28N2O5/c1-17(2,3)24-19(13-20)10-9-18-11-14(21)12-23-16-8-6-5-7-15(16)22-4/h5-8,13-14,18,21H,9-12H2,1-4H3. The molecule has 7 heteroatoms. The van der Waals surface area contributed by atoms with Crippen LogP contribution in [0.15, 0.2) is 24.3 Å². The number of aliphatic hydroxyl groups excluding tert-OH is 1. The SMILES string of the molecule is COc1ccccc1OCC(O)CNCCN(C=O)OC(C)(C)C. The number of hydrogen-bond donors (Lipinski definition) is 2. The largest absolute Gasteiger partial charge is 0.493 e. The van der Waals surface area contributed by atoms with E-state index in [1.807, 2.05) is 32.9 Å². The van der Waals surface area contributed by atoms with E-state index in [9.17, 15) is 9.90 Å². The highest BCUT2D eigenvalue weighted by atomic mass is 16.7. The second kappa shape index (κ2) is 10.1. The van der Waals surface area contributed by atoms with Gasteiger partial charge in [0.1, 0.15) is 12.7 Å². The smallest absolute Gasteiger partial charge is 0.233 e. The Morgan fingerprint density at radius 2 is 1.96 bits per heavy atom. The lowest BCUT2D eigenvalue weighted by Gasteiger charge is -2.26. The number of hydrogen-bond acceptors (Lipinski definition) is 6. The van der Waals surface area contributed by atoms with E-state index in [0.29, 0.717) is 37.5 Å². The third-order valence-corrected chi connectivity index (χ3v) is 2.90. The molecule has 0 saturated heterocycles. The number of carbonyl (C=O) groups is 1. The van der Waals surface area contributed by atoms with E-state index >= 15 is 0 Å². The molecule has 1 amide bonds. The molecule has 0 fully saturated rings. The molecule has 0 bridgehead atoms. The summed E-state index contributed by atoms with van der Waals surface area (Å²) in [6, 6.07) is 7.27. The number of para-hydroxylation sites is 2. The van der Waals surface area contributed by atoms with E-state index in [1.54, 1.807) is 19.2 Å². The van der Waals surface area contributed by atoms with Gasteiger partial charge in [-0.25, -0.2) is 5.06 Å². The summed E-state index contributed by atoms with van der Waals surface area (Å²) in [5, 5.41) is 14.2. The number of carbonyl (C=O) groups excluding carboxylic acids is 1. The lowest BCUT2D eigenvalue weighted by molar-refractivity contribution is -0.215. The molecular weight excluding hydrogens is 312 g/mol. The van der Waals surface area contributed by atoms with Crippen molar-refractivity contribution in [2.75, 3.05) is 33.4 Å². The van der Waals surface area contributed by atoms with Crippen molar-refractivity contribution in [2.45, 2.75) is 32.5 Å². The van der Waals surface area contributed by atoms with Crippen molar-refractivity contribution in [1.29, 1.82) is 0 Å². The number of ether oxygens (including phenoxy) is 2. The minimum atomic E-state index is -0.678. The van der Waals surface area contributed by atoms with Gasteiger partial charge in [-0.2, -0.15) is 0 Å². The number of hydroxylamine groups is 2. The predicted octanol–water partition coefficient (Wildman–Crippen LogP) is 1.21. The molecule has 0 aliphatic carbocycles. The van der Waals surface area contributed by atoms with Crippen molar-refractivity contribution in [3.63, 3.8) is 0 Å². The fraction of sp³-hybridized carbons (Fsp3) is 0.588. The monoisotopic (exact) mass is 340 g/mol. The Labute approximate surface area is 143 Å². The molecule has 0 aliphatic heterocycles. The van der Waals surface area contributed by atoms with Crippen molar-refractivity contribution in [3.8, 4) is 11.5 Å². The van der Waals surface area contributed by atoms with E-state index in [1.165, 1.54) is 5.06 Å². The van der Waals surface area contributed by atoms with Crippen molar-refractivity contribution in [1.82, 2.24) is 10.4 Å². The van der Waals surface area contributed by atoms with Crippen molar-refractivity contribution >= 4 is 6.41 Å². The number of rotatable bonds is 11. The van der Waals surface area contributed by atoms with Gasteiger partial charge in [-0.1, -0.05) is 12.1 Å². The quantitative estimate of drug-likeness (QED) is 0.358. The Morgan fingerprint density at radius 1 is 1.29 bits per heavy atom. The van der Waals surface area contributed by atoms with Gasteiger partial charge in [-0.3, -0.25) is 9.63 Å². The van der Waals surface area contributed by atoms with Crippen LogP contribution in [-0.2, 0) is 9.63 Å². The molecule has 0 heterocycles. The molecule has 1 unspecified atom stereocenters. The second-order valence-corrected chi connectivity index (χ2v) is 6.27. The first-order chi connectivity index (χ1) is 11.4. The first kappa shape index (κ1) is 20.2. The Balaban J connectivity index is 2.24. The van der Waals surface area contributed by atoms with Gasteiger partial charge in [0.05, 0.1) is 19.3 Å². The average molecular weight is 340 g/mol. The molecule has 24 heavy (non-hydrogen) atoms. The van der Waals surface area contributed by atoms with Crippen LogP contribution in [0.4, 0.5) is 0 Å². The summed E-state index contributed by atoms with van der Waals surface area (Å²) in [5.41, 5.74) is -0.428. The van der Waals surface area contributed by atoms with Crippen LogP contribution in [0.25, 0.3) is 0 Å². The number of benzene rings is 1. The van der Waals surface area contributed by atoms with Crippen LogP contribution >= 0.6 is 0 Å². The molecular formula is C17H28N2O5. The van der Waals surface area contributed by atoms with Crippen LogP contribution < -0.4 is 14.8 Å². The Hall–Kier alpha value is -1.83. The summed E-state index contributed by atoms with van der Waals surface area (Å²) < 4.78 is 10.7. The molecule has 2 N–H and O–H groups in total. The molecule has 7 nitrogen and oxygen atoms in total. The van der Waals surface area contributed by atoms with Crippen LogP contribution in [0.5, 0.6) is 11.5 Å². The molecule has 1 aromatic rings. The summed E-state index contributed by atoms with van der Waals surface area (Å²) in [4.78, 5) is 16.4. The van der Waals surface area contributed by atoms with Crippen LogP contribution in [0, 0.1) is 0 Å². The summed E-state index contributed by atoms with van der Waals surface area (Å²) in [7, 11) is 1.57. The molecule has 136 valence electrons. The molecule has 0 aliphatic rings. The Bertz CT molecular complexity index is 490. The van der Waals surface area contributed by atoms with Gasteiger partial charge < -0.3 is 19.9 Å². The van der Waals surface area contributed by atoms with Gasteiger partial charge in [-0.05, 0) is 32.9 Å². The highest BCUT2D eigenvalue weighted by Crippen LogP contribution is 2.25. The number of methoxy groups -OCH3 is 1. The summed E-state index contributed by atoms with van der Waals surface area (Å²) in [5.74, 6) is 1.21. The number of nitrogens with one attached hydrogen (secondary N) is 1. The number of amides is 1. The molecule has 0 spiro atoms. The number of aliphatic hydroxyl groups is 1. The van der Waals surface area contributed by atoms with Gasteiger partial charge in [-0.15, -0.1) is 0 Å². The molecule has 1 aromatic carbocycles. The fourth-order valence-corrected chi connectivity index (χ4v) is 1.91. The molecule has 1 rings (SSSR count). The predicted molar refractivity (Wildman–Crippen MR) is 91.0 cm³/mol. The molecule has 1 atom stereocenters. The van der Waals surface area contributed by atoms with Crippen molar-refractivity contribution < 1.29 is 24.2 Å². The Kier molecular flexibility index (Phi) is 8.53. The highest BCUT2D eigenvalue weighted by molar-refractivity contribution is 5.45. The van der Waals surface area contributed by atoms with Crippen LogP contribution in [0.2, 0.25) is 0 Å². The zero-order chi connectivity index (χ0) is 18.0. The first-order valence-electron chi connectivity index (χ1n) is 7.91. The summed E-state index contributed by atoms with van der Waals surface area (Å²) in [6.07, 6.45) is -0.0307. The van der Waals surface area contributed by atoms with Crippen LogP contribution in [0.3, 0.4) is 0 Å². The molecule has 0 aromatic heterocycles. The summed E-state index contributed by atoms with van der Waals surface area (Å²) >= 11 is 0. The second-order valence-electron chi connectivity index (χ2n) is 6.27. The number of nitrogens with zero attached hydrogens (tertiary/aromatic N) is 1. The zero-order valence-corrected chi connectivity index (χ0v) is 14.8. The van der Waals surface area contributed by atoms with Crippen molar-refractivity contribution in [3.05, 3.63) is 24.3 Å². The lowest BCUT2D eigenvalue weighted by atomic mass is 10.2. The van der Waals surface area contributed by atoms with Crippen LogP contribution in [-0.4, -0.2) is 61.6 Å². The van der Waals surface area contributed by atoms with Crippen LogP contribution in [0.1, 0.15) is 20.8 Å². The highest BCUT2D eigenvalue weighted by Gasteiger charge is 2.15. The minimum Gasteiger partial charge on any atom is -0.493 e. The normalized spacial score (nSPS) is 12.5. The van der Waals surface area contributed by atoms with E-state index in [4.69, 9.17) is 14.3 Å². The maximum absolute atomic E-state index is 10.9. The lowest BCUT2D eigenvalue weighted by Crippen LogP contribution is -2.39. The topological polar surface area (TPSA) is 80.3 Å². The molecule has 0 radical (unpaired) electrons. The van der Waals surface area contributed by atoms with Gasteiger partial charge in [0.15, 0.2) is 11.5 Å². The van der Waals surface area contributed by atoms with E-state index in [0.717, 1.165) is 0 Å². The maximum Gasteiger partial charge on any atom is 0.233 e. The fourth-order valence-electron chi connectivity index (χ4n) is 1.91. The van der Waals surface area contributed by atoms with E-state index in [-0.39, 0.29) is 6.61 Å². The molecule has 0 saturated carbocycles. The van der Waals surface area contributed by atoms with Gasteiger partial charge in [0.25, 0.3) is 0 Å². The average Bonchev–Trinajstić information content (AvgIpc) is 2.54. The minimum absolute atomic E-state index is 0.142. The van der Waals surface area contributed by atoms with Crippen molar-refractivity contribution in [2.24, 2.45) is 0 Å².